The Bertz CT molecular complexity index is 1070. The lowest BCUT2D eigenvalue weighted by atomic mass is 10.1. The summed E-state index contributed by atoms with van der Waals surface area (Å²) in [5.41, 5.74) is 1.15. The van der Waals surface area contributed by atoms with Gasteiger partial charge in [-0.25, -0.2) is 13.1 Å². The van der Waals surface area contributed by atoms with Crippen LogP contribution in [0.15, 0.2) is 65.6 Å². The lowest BCUT2D eigenvalue weighted by molar-refractivity contribution is 0.415. The van der Waals surface area contributed by atoms with Gasteiger partial charge in [-0.3, -0.25) is 0 Å². The highest BCUT2D eigenvalue weighted by atomic mass is 32.2. The van der Waals surface area contributed by atoms with Crippen molar-refractivity contribution in [3.8, 4) is 11.8 Å². The summed E-state index contributed by atoms with van der Waals surface area (Å²) in [5.74, 6) is 0.776. The van der Waals surface area contributed by atoms with Crippen LogP contribution in [0.1, 0.15) is 11.1 Å². The van der Waals surface area contributed by atoms with Crippen LogP contribution >= 0.6 is 0 Å². The predicted octanol–water partition coefficient (Wildman–Crippen LogP) is 3.20. The minimum absolute atomic E-state index is 0.0806. The fourth-order valence-corrected chi connectivity index (χ4v) is 3.57. The summed E-state index contributed by atoms with van der Waals surface area (Å²) in [7, 11) is -2.06. The average molecular weight is 352 g/mol. The number of fused-ring (bicyclic) bond motifs is 1. The Hall–Kier alpha value is -2.88. The van der Waals surface area contributed by atoms with Crippen molar-refractivity contribution in [1.82, 2.24) is 4.72 Å². The van der Waals surface area contributed by atoms with Gasteiger partial charge in [0.2, 0.25) is 10.0 Å². The third kappa shape index (κ3) is 3.79. The molecule has 0 aliphatic heterocycles. The molecule has 0 saturated carbocycles. The molecule has 0 bridgehead atoms. The molecule has 3 aromatic carbocycles. The van der Waals surface area contributed by atoms with Gasteiger partial charge in [-0.2, -0.15) is 5.26 Å². The summed E-state index contributed by atoms with van der Waals surface area (Å²) in [6, 6.07) is 19.3. The van der Waals surface area contributed by atoms with Crippen LogP contribution in [0.2, 0.25) is 0 Å². The highest BCUT2D eigenvalue weighted by Crippen LogP contribution is 2.22. The standard InChI is InChI=1S/C19H16N2O3S/c1-24-18-8-7-16-9-15(5-6-17(16)11-18)13-21-25(22,23)19-4-2-3-14(10-19)12-20/h2-11,21H,13H2,1H3. The predicted molar refractivity (Wildman–Crippen MR) is 95.7 cm³/mol. The molecule has 0 aliphatic rings. The number of hydrogen-bond acceptors (Lipinski definition) is 4. The van der Waals surface area contributed by atoms with Crippen molar-refractivity contribution in [3.05, 3.63) is 71.8 Å². The molecule has 0 spiro atoms. The lowest BCUT2D eigenvalue weighted by Crippen LogP contribution is -2.23. The minimum atomic E-state index is -3.68. The Labute approximate surface area is 146 Å². The fourth-order valence-electron chi connectivity index (χ4n) is 2.50. The van der Waals surface area contributed by atoms with Gasteiger partial charge in [0.25, 0.3) is 0 Å². The van der Waals surface area contributed by atoms with E-state index in [0.29, 0.717) is 5.56 Å². The van der Waals surface area contributed by atoms with Gasteiger partial charge in [0.05, 0.1) is 23.6 Å². The van der Waals surface area contributed by atoms with E-state index in [1.807, 2.05) is 42.5 Å². The molecule has 0 aromatic heterocycles. The molecule has 6 heteroatoms. The van der Waals surface area contributed by atoms with Gasteiger partial charge >= 0.3 is 0 Å². The largest absolute Gasteiger partial charge is 0.497 e. The number of hydrogen-bond donors (Lipinski definition) is 1. The Balaban J connectivity index is 1.80. The lowest BCUT2D eigenvalue weighted by Gasteiger charge is -2.09. The van der Waals surface area contributed by atoms with Gasteiger partial charge in [0.1, 0.15) is 5.75 Å². The van der Waals surface area contributed by atoms with Crippen LogP contribution in [-0.4, -0.2) is 15.5 Å². The zero-order valence-corrected chi connectivity index (χ0v) is 14.4. The number of nitrogens with zero attached hydrogens (tertiary/aromatic N) is 1. The highest BCUT2D eigenvalue weighted by Gasteiger charge is 2.14. The van der Waals surface area contributed by atoms with Crippen molar-refractivity contribution in [2.75, 3.05) is 7.11 Å². The number of nitrogens with one attached hydrogen (secondary N) is 1. The first-order valence-electron chi connectivity index (χ1n) is 7.58. The maximum absolute atomic E-state index is 12.4. The Morgan fingerprint density at radius 2 is 1.80 bits per heavy atom. The van der Waals surface area contributed by atoms with E-state index in [4.69, 9.17) is 10.00 Å². The van der Waals surface area contributed by atoms with Crippen LogP contribution in [0.4, 0.5) is 0 Å². The van der Waals surface area contributed by atoms with Gasteiger partial charge < -0.3 is 4.74 Å². The van der Waals surface area contributed by atoms with Crippen molar-refractivity contribution < 1.29 is 13.2 Å². The number of benzene rings is 3. The normalized spacial score (nSPS) is 11.2. The quantitative estimate of drug-likeness (QED) is 0.765. The van der Waals surface area contributed by atoms with E-state index in [2.05, 4.69) is 4.72 Å². The molecule has 0 atom stereocenters. The van der Waals surface area contributed by atoms with Crippen LogP contribution < -0.4 is 9.46 Å². The minimum Gasteiger partial charge on any atom is -0.497 e. The van der Waals surface area contributed by atoms with E-state index in [9.17, 15) is 8.42 Å². The van der Waals surface area contributed by atoms with E-state index in [1.54, 1.807) is 19.2 Å². The van der Waals surface area contributed by atoms with Crippen molar-refractivity contribution in [2.24, 2.45) is 0 Å². The van der Waals surface area contributed by atoms with Gasteiger partial charge in [-0.05, 0) is 52.7 Å². The summed E-state index contributed by atoms with van der Waals surface area (Å²) in [6.45, 7) is 0.168. The van der Waals surface area contributed by atoms with E-state index < -0.39 is 10.0 Å². The van der Waals surface area contributed by atoms with Crippen molar-refractivity contribution in [1.29, 1.82) is 5.26 Å². The molecule has 5 nitrogen and oxygen atoms in total. The second kappa shape index (κ2) is 6.93. The molecule has 0 radical (unpaired) electrons. The van der Waals surface area contributed by atoms with Crippen LogP contribution in [0.5, 0.6) is 5.75 Å². The Morgan fingerprint density at radius 1 is 1.04 bits per heavy atom. The second-order valence-electron chi connectivity index (χ2n) is 5.51. The molecule has 126 valence electrons. The smallest absolute Gasteiger partial charge is 0.240 e. The molecule has 0 aliphatic carbocycles. The number of rotatable bonds is 5. The first-order valence-corrected chi connectivity index (χ1v) is 9.07. The molecular weight excluding hydrogens is 336 g/mol. The number of methoxy groups -OCH3 is 1. The monoisotopic (exact) mass is 352 g/mol. The SMILES string of the molecule is COc1ccc2cc(CNS(=O)(=O)c3cccc(C#N)c3)ccc2c1. The zero-order valence-electron chi connectivity index (χ0n) is 13.6. The summed E-state index contributed by atoms with van der Waals surface area (Å²) in [5, 5.41) is 10.9. The van der Waals surface area contributed by atoms with E-state index in [-0.39, 0.29) is 11.4 Å². The molecule has 1 N–H and O–H groups in total. The fraction of sp³-hybridized carbons (Fsp3) is 0.105. The van der Waals surface area contributed by atoms with Gasteiger partial charge in [-0.1, -0.05) is 24.3 Å². The number of nitriles is 1. The first kappa shape index (κ1) is 17.0. The van der Waals surface area contributed by atoms with Gasteiger partial charge in [0.15, 0.2) is 0 Å². The highest BCUT2D eigenvalue weighted by molar-refractivity contribution is 7.89. The van der Waals surface area contributed by atoms with Crippen LogP contribution in [0.3, 0.4) is 0 Å². The van der Waals surface area contributed by atoms with Crippen LogP contribution in [-0.2, 0) is 16.6 Å². The third-order valence-electron chi connectivity index (χ3n) is 3.85. The molecule has 0 amide bonds. The molecule has 25 heavy (non-hydrogen) atoms. The topological polar surface area (TPSA) is 79.2 Å². The summed E-state index contributed by atoms with van der Waals surface area (Å²) in [4.78, 5) is 0.0806. The first-order chi connectivity index (χ1) is 12.0. The zero-order chi connectivity index (χ0) is 17.9. The van der Waals surface area contributed by atoms with Gasteiger partial charge in [-0.15, -0.1) is 0 Å². The number of ether oxygens (including phenoxy) is 1. The van der Waals surface area contributed by atoms with E-state index in [1.165, 1.54) is 12.1 Å². The van der Waals surface area contributed by atoms with Crippen molar-refractivity contribution in [3.63, 3.8) is 0 Å². The maximum atomic E-state index is 12.4. The molecule has 0 fully saturated rings. The van der Waals surface area contributed by atoms with Crippen LogP contribution in [0, 0.1) is 11.3 Å². The Morgan fingerprint density at radius 3 is 2.56 bits per heavy atom. The summed E-state index contributed by atoms with van der Waals surface area (Å²) < 4.78 is 32.5. The van der Waals surface area contributed by atoms with Crippen molar-refractivity contribution >= 4 is 20.8 Å². The molecule has 3 rings (SSSR count). The summed E-state index contributed by atoms with van der Waals surface area (Å²) >= 11 is 0. The molecular formula is C19H16N2O3S. The number of sulfonamides is 1. The van der Waals surface area contributed by atoms with Crippen molar-refractivity contribution in [2.45, 2.75) is 11.4 Å². The van der Waals surface area contributed by atoms with Gasteiger partial charge in [0, 0.05) is 6.54 Å². The second-order valence-corrected chi connectivity index (χ2v) is 7.28. The van der Waals surface area contributed by atoms with Crippen LogP contribution in [0.25, 0.3) is 10.8 Å². The summed E-state index contributed by atoms with van der Waals surface area (Å²) in [6.07, 6.45) is 0. The molecule has 0 unspecified atom stereocenters. The van der Waals surface area contributed by atoms with E-state index in [0.717, 1.165) is 22.1 Å². The molecule has 0 heterocycles. The third-order valence-corrected chi connectivity index (χ3v) is 5.25. The Kier molecular flexibility index (Phi) is 4.70. The average Bonchev–Trinajstić information content (AvgIpc) is 2.66. The maximum Gasteiger partial charge on any atom is 0.240 e. The molecule has 0 saturated heterocycles. The molecule has 3 aromatic rings. The van der Waals surface area contributed by atoms with E-state index >= 15 is 0 Å².